The van der Waals surface area contributed by atoms with Gasteiger partial charge in [-0.05, 0) is 37.3 Å². The Labute approximate surface area is 177 Å². The molecule has 152 valence electrons. The molecule has 0 saturated heterocycles. The molecule has 1 aromatic carbocycles. The Morgan fingerprint density at radius 1 is 1.23 bits per heavy atom. The van der Waals surface area contributed by atoms with Crippen LogP contribution in [0.3, 0.4) is 0 Å². The van der Waals surface area contributed by atoms with E-state index in [0.717, 1.165) is 28.1 Å². The normalized spacial score (nSPS) is 16.1. The Hall–Kier alpha value is -3.52. The zero-order valence-electron chi connectivity index (χ0n) is 16.3. The predicted molar refractivity (Wildman–Crippen MR) is 112 cm³/mol. The largest absolute Gasteiger partial charge is 0.479 e. The lowest BCUT2D eigenvalue weighted by atomic mass is 10.2. The van der Waals surface area contributed by atoms with Crippen LogP contribution in [0.1, 0.15) is 23.2 Å². The molecule has 3 aromatic heterocycles. The monoisotopic (exact) mass is 423 g/mol. The minimum absolute atomic E-state index is 0.215. The lowest BCUT2D eigenvalue weighted by Crippen LogP contribution is -2.36. The lowest BCUT2D eigenvalue weighted by molar-refractivity contribution is 0.103. The summed E-state index contributed by atoms with van der Waals surface area (Å²) in [4.78, 5) is 14.3. The summed E-state index contributed by atoms with van der Waals surface area (Å²) in [7, 11) is 1.58. The van der Waals surface area contributed by atoms with Crippen molar-refractivity contribution in [3.8, 4) is 11.6 Å². The van der Waals surface area contributed by atoms with Crippen molar-refractivity contribution in [2.24, 2.45) is 5.16 Å². The molecule has 0 amide bonds. The van der Waals surface area contributed by atoms with E-state index < -0.39 is 0 Å². The summed E-state index contributed by atoms with van der Waals surface area (Å²) in [6, 6.07) is 11.1. The van der Waals surface area contributed by atoms with Gasteiger partial charge in [0, 0.05) is 22.7 Å². The number of nitrogens with zero attached hydrogens (tertiary/aromatic N) is 4. The third-order valence-corrected chi connectivity index (χ3v) is 5.05. The van der Waals surface area contributed by atoms with Gasteiger partial charge in [-0.15, -0.1) is 0 Å². The zero-order chi connectivity index (χ0) is 20.7. The van der Waals surface area contributed by atoms with Crippen LogP contribution in [0.5, 0.6) is 5.88 Å². The number of aryl methyl sites for hydroxylation is 1. The summed E-state index contributed by atoms with van der Waals surface area (Å²) in [5.74, 6) is 1.68. The average Bonchev–Trinajstić information content (AvgIpc) is 3.39. The number of hydrogen-bond acceptors (Lipinski definition) is 7. The third-order valence-electron chi connectivity index (χ3n) is 4.82. The van der Waals surface area contributed by atoms with Gasteiger partial charge in [0.2, 0.25) is 5.88 Å². The van der Waals surface area contributed by atoms with E-state index in [1.165, 1.54) is 0 Å². The number of fused-ring (bicyclic) bond motifs is 1. The molecular formula is C21H18ClN5O3. The number of ether oxygens (including phenoxy) is 1. The van der Waals surface area contributed by atoms with Gasteiger partial charge >= 0.3 is 0 Å². The smallest absolute Gasteiger partial charge is 0.238 e. The Kier molecular flexibility index (Phi) is 4.55. The summed E-state index contributed by atoms with van der Waals surface area (Å²) in [6.45, 7) is 2.26. The van der Waals surface area contributed by atoms with Crippen molar-refractivity contribution in [1.82, 2.24) is 19.9 Å². The van der Waals surface area contributed by atoms with Crippen LogP contribution in [0.25, 0.3) is 16.7 Å². The van der Waals surface area contributed by atoms with Gasteiger partial charge < -0.3 is 23.9 Å². The number of furan rings is 1. The van der Waals surface area contributed by atoms with E-state index in [9.17, 15) is 0 Å². The standard InChI is InChI=1S/C21H18ClN5O3/c1-12-9-27(11-23-12)17-6-5-15(25-21(17)28-2)20-24-16(10-29-26-20)19-7-13-3-4-14(22)8-18(13)30-19/h3-9,11,16H,10H2,1-2H3,(H,24,26). The second-order valence-corrected chi connectivity index (χ2v) is 7.35. The first-order valence-corrected chi connectivity index (χ1v) is 9.70. The van der Waals surface area contributed by atoms with Crippen LogP contribution in [0, 0.1) is 6.92 Å². The Bertz CT molecular complexity index is 1260. The maximum Gasteiger partial charge on any atom is 0.238 e. The van der Waals surface area contributed by atoms with Crippen molar-refractivity contribution < 1.29 is 14.0 Å². The zero-order valence-corrected chi connectivity index (χ0v) is 17.1. The van der Waals surface area contributed by atoms with Crippen LogP contribution in [0.15, 0.2) is 58.5 Å². The number of amidine groups is 1. The highest BCUT2D eigenvalue weighted by Crippen LogP contribution is 2.28. The summed E-state index contributed by atoms with van der Waals surface area (Å²) >= 11 is 6.06. The Balaban J connectivity index is 1.43. The number of oxime groups is 1. The number of nitrogens with one attached hydrogen (secondary N) is 1. The van der Waals surface area contributed by atoms with Crippen molar-refractivity contribution in [3.05, 3.63) is 71.1 Å². The molecule has 9 heteroatoms. The molecule has 0 saturated carbocycles. The van der Waals surface area contributed by atoms with Gasteiger partial charge in [-0.3, -0.25) is 0 Å². The van der Waals surface area contributed by atoms with Crippen LogP contribution in [-0.4, -0.2) is 34.1 Å². The third kappa shape index (κ3) is 3.35. The maximum absolute atomic E-state index is 6.06. The predicted octanol–water partition coefficient (Wildman–Crippen LogP) is 4.01. The number of hydrogen-bond donors (Lipinski definition) is 1. The molecule has 4 heterocycles. The van der Waals surface area contributed by atoms with Crippen molar-refractivity contribution in [2.75, 3.05) is 13.7 Å². The van der Waals surface area contributed by atoms with Crippen molar-refractivity contribution in [3.63, 3.8) is 0 Å². The SMILES string of the molecule is COc1nc(C2=NOCC(c3cc4ccc(Cl)cc4o3)N2)ccc1-n1cnc(C)c1. The van der Waals surface area contributed by atoms with Crippen molar-refractivity contribution in [2.45, 2.75) is 13.0 Å². The highest BCUT2D eigenvalue weighted by Gasteiger charge is 2.25. The molecule has 1 N–H and O–H groups in total. The fraction of sp³-hybridized carbons (Fsp3) is 0.190. The van der Waals surface area contributed by atoms with Gasteiger partial charge in [-0.1, -0.05) is 16.8 Å². The van der Waals surface area contributed by atoms with Gasteiger partial charge in [0.25, 0.3) is 0 Å². The van der Waals surface area contributed by atoms with E-state index in [2.05, 4.69) is 20.4 Å². The minimum Gasteiger partial charge on any atom is -0.479 e. The number of imidazole rings is 1. The summed E-state index contributed by atoms with van der Waals surface area (Å²) in [5.41, 5.74) is 3.01. The van der Waals surface area contributed by atoms with Crippen LogP contribution < -0.4 is 10.1 Å². The second kappa shape index (κ2) is 7.38. The summed E-state index contributed by atoms with van der Waals surface area (Å²) < 4.78 is 13.3. The first-order valence-electron chi connectivity index (χ1n) is 9.32. The first kappa shape index (κ1) is 18.5. The molecule has 5 rings (SSSR count). The fourth-order valence-corrected chi connectivity index (χ4v) is 3.51. The molecular weight excluding hydrogens is 406 g/mol. The molecule has 1 aliphatic heterocycles. The van der Waals surface area contributed by atoms with E-state index in [4.69, 9.17) is 25.6 Å². The number of aromatic nitrogens is 3. The number of methoxy groups -OCH3 is 1. The van der Waals surface area contributed by atoms with Crippen LogP contribution >= 0.6 is 11.6 Å². The average molecular weight is 424 g/mol. The molecule has 8 nitrogen and oxygen atoms in total. The molecule has 1 unspecified atom stereocenters. The molecule has 0 radical (unpaired) electrons. The highest BCUT2D eigenvalue weighted by atomic mass is 35.5. The van der Waals surface area contributed by atoms with Crippen LogP contribution in [0.2, 0.25) is 5.02 Å². The summed E-state index contributed by atoms with van der Waals surface area (Å²) in [6.07, 6.45) is 3.63. The van der Waals surface area contributed by atoms with Crippen molar-refractivity contribution in [1.29, 1.82) is 0 Å². The topological polar surface area (TPSA) is 86.7 Å². The minimum atomic E-state index is -0.215. The highest BCUT2D eigenvalue weighted by molar-refractivity contribution is 6.31. The van der Waals surface area contributed by atoms with Gasteiger partial charge in [-0.25, -0.2) is 9.97 Å². The van der Waals surface area contributed by atoms with Gasteiger partial charge in [0.1, 0.15) is 35.4 Å². The fourth-order valence-electron chi connectivity index (χ4n) is 3.35. The van der Waals surface area contributed by atoms with Crippen LogP contribution in [0.4, 0.5) is 0 Å². The second-order valence-electron chi connectivity index (χ2n) is 6.91. The summed E-state index contributed by atoms with van der Waals surface area (Å²) in [5, 5.41) is 9.07. The van der Waals surface area contributed by atoms with Gasteiger partial charge in [-0.2, -0.15) is 0 Å². The molecule has 4 aromatic rings. The molecule has 0 bridgehead atoms. The van der Waals surface area contributed by atoms with E-state index in [0.29, 0.717) is 29.0 Å². The maximum atomic E-state index is 6.06. The molecule has 1 aliphatic rings. The van der Waals surface area contributed by atoms with Gasteiger partial charge in [0.05, 0.1) is 19.1 Å². The first-order chi connectivity index (χ1) is 14.6. The molecule has 0 spiro atoms. The quantitative estimate of drug-likeness (QED) is 0.533. The van der Waals surface area contributed by atoms with E-state index in [1.807, 2.05) is 48.0 Å². The molecule has 0 fully saturated rings. The van der Waals surface area contributed by atoms with E-state index >= 15 is 0 Å². The lowest BCUT2D eigenvalue weighted by Gasteiger charge is -2.22. The molecule has 0 aliphatic carbocycles. The number of rotatable bonds is 4. The van der Waals surface area contributed by atoms with Crippen LogP contribution in [-0.2, 0) is 4.84 Å². The Morgan fingerprint density at radius 3 is 2.93 bits per heavy atom. The van der Waals surface area contributed by atoms with E-state index in [1.54, 1.807) is 19.5 Å². The van der Waals surface area contributed by atoms with Gasteiger partial charge in [0.15, 0.2) is 5.84 Å². The Morgan fingerprint density at radius 2 is 2.13 bits per heavy atom. The number of pyridine rings is 1. The van der Waals surface area contributed by atoms with E-state index in [-0.39, 0.29) is 6.04 Å². The van der Waals surface area contributed by atoms with Crippen molar-refractivity contribution >= 4 is 28.4 Å². The number of benzene rings is 1. The molecule has 1 atom stereocenters. The number of halogens is 1. The molecule has 30 heavy (non-hydrogen) atoms.